The van der Waals surface area contributed by atoms with E-state index in [1.807, 2.05) is 0 Å². The quantitative estimate of drug-likeness (QED) is 0.225. The number of halogens is 2. The predicted molar refractivity (Wildman–Crippen MR) is 130 cm³/mol. The first-order valence-electron chi connectivity index (χ1n) is 9.96. The van der Waals surface area contributed by atoms with Crippen LogP contribution in [0.25, 0.3) is 10.8 Å². The second-order valence-corrected chi connectivity index (χ2v) is 10.8. The highest BCUT2D eigenvalue weighted by Gasteiger charge is 2.18. The summed E-state index contributed by atoms with van der Waals surface area (Å²) in [7, 11) is -10.6. The minimum Gasteiger partial charge on any atom is -0.870 e. The Bertz CT molecular complexity index is 1880. The van der Waals surface area contributed by atoms with Gasteiger partial charge in [-0.15, -0.1) is 5.11 Å². The molecule has 0 fully saturated rings. The highest BCUT2D eigenvalue weighted by atomic mass is 35.5. The summed E-state index contributed by atoms with van der Waals surface area (Å²) in [6.45, 7) is 0. The van der Waals surface area contributed by atoms with Gasteiger partial charge in [0.15, 0.2) is 0 Å². The van der Waals surface area contributed by atoms with Crippen molar-refractivity contribution in [2.24, 2.45) is 10.2 Å². The first-order chi connectivity index (χ1) is 18.1. The SMILES string of the molecule is O=C(O)c1ccc(N=Nc2c(S(=O)(=O)[O-])cc3cc(S(=O)(=O)[O-])cc(Nc4nc(Cl)nc(Cl)n4)c3c2[O-])cc1. The molecule has 0 saturated carbocycles. The van der Waals surface area contributed by atoms with Crippen molar-refractivity contribution in [2.75, 3.05) is 5.32 Å². The second kappa shape index (κ2) is 10.3. The number of benzene rings is 3. The molecule has 0 saturated heterocycles. The molecular weight excluding hydrogens is 603 g/mol. The van der Waals surface area contributed by atoms with Gasteiger partial charge in [-0.05, 0) is 76.4 Å². The van der Waals surface area contributed by atoms with E-state index in [0.29, 0.717) is 12.1 Å². The van der Waals surface area contributed by atoms with Crippen molar-refractivity contribution >= 4 is 83.2 Å². The molecule has 3 aromatic carbocycles. The number of rotatable bonds is 7. The van der Waals surface area contributed by atoms with Gasteiger partial charge in [0.2, 0.25) is 16.5 Å². The average Bonchev–Trinajstić information content (AvgIpc) is 2.81. The van der Waals surface area contributed by atoms with E-state index in [4.69, 9.17) is 28.3 Å². The number of anilines is 2. The number of carbonyl (C=O) groups is 1. The molecule has 39 heavy (non-hydrogen) atoms. The van der Waals surface area contributed by atoms with Crippen molar-refractivity contribution in [3.05, 3.63) is 58.6 Å². The first-order valence-corrected chi connectivity index (χ1v) is 13.5. The van der Waals surface area contributed by atoms with Crippen LogP contribution < -0.4 is 10.4 Å². The molecule has 4 aromatic rings. The first kappa shape index (κ1) is 28.0. The van der Waals surface area contributed by atoms with E-state index in [0.717, 1.165) is 6.07 Å². The molecule has 1 heterocycles. The molecule has 2 N–H and O–H groups in total. The molecule has 4 rings (SSSR count). The van der Waals surface area contributed by atoms with Crippen molar-refractivity contribution in [1.29, 1.82) is 0 Å². The molecule has 0 amide bonds. The smallest absolute Gasteiger partial charge is 0.335 e. The highest BCUT2D eigenvalue weighted by Crippen LogP contribution is 2.44. The minimum absolute atomic E-state index is 0.00522. The molecule has 0 radical (unpaired) electrons. The molecule has 0 aliphatic heterocycles. The lowest BCUT2D eigenvalue weighted by molar-refractivity contribution is -0.264. The lowest BCUT2D eigenvalue weighted by Gasteiger charge is -2.22. The molecule has 15 nitrogen and oxygen atoms in total. The Balaban J connectivity index is 1.99. The lowest BCUT2D eigenvalue weighted by atomic mass is 10.1. The molecule has 0 aliphatic carbocycles. The zero-order valence-electron chi connectivity index (χ0n) is 18.6. The van der Waals surface area contributed by atoms with Gasteiger partial charge in [-0.25, -0.2) is 21.6 Å². The average molecular weight is 612 g/mol. The van der Waals surface area contributed by atoms with E-state index in [1.165, 1.54) is 24.3 Å². The topological polar surface area (TPSA) is 250 Å². The minimum atomic E-state index is -5.40. The standard InChI is InChI=1S/C20H12Cl2N6O9S2/c21-18-24-19(22)26-20(25-18)23-12-7-11(38(32,33)34)5-9-6-13(39(35,36)37)15(16(29)14(9)12)28-27-10-3-1-8(2-4-10)17(30)31/h1-7,29H,(H,30,31)(H,32,33,34)(H,35,36,37)(H,23,24,25,26)/p-3. The van der Waals surface area contributed by atoms with Crippen molar-refractivity contribution in [3.63, 3.8) is 0 Å². The number of nitrogens with zero attached hydrogens (tertiary/aromatic N) is 5. The van der Waals surface area contributed by atoms with Crippen LogP contribution >= 0.6 is 23.2 Å². The number of hydrogen-bond acceptors (Lipinski definition) is 14. The molecule has 0 aliphatic rings. The molecule has 0 bridgehead atoms. The summed E-state index contributed by atoms with van der Waals surface area (Å²) in [6, 6.07) is 6.82. The zero-order valence-corrected chi connectivity index (χ0v) is 21.7. The van der Waals surface area contributed by atoms with Gasteiger partial charge in [-0.3, -0.25) is 0 Å². The summed E-state index contributed by atoms with van der Waals surface area (Å²) >= 11 is 11.5. The van der Waals surface area contributed by atoms with Gasteiger partial charge in [-0.1, -0.05) is 5.75 Å². The summed E-state index contributed by atoms with van der Waals surface area (Å²) in [5, 5.41) is 30.6. The summed E-state index contributed by atoms with van der Waals surface area (Å²) < 4.78 is 71.3. The Morgan fingerprint density at radius 3 is 2.05 bits per heavy atom. The Morgan fingerprint density at radius 1 is 0.897 bits per heavy atom. The van der Waals surface area contributed by atoms with Crippen LogP contribution in [0.3, 0.4) is 0 Å². The van der Waals surface area contributed by atoms with E-state index in [2.05, 4.69) is 30.5 Å². The highest BCUT2D eigenvalue weighted by molar-refractivity contribution is 7.86. The van der Waals surface area contributed by atoms with Crippen LogP contribution in [0.5, 0.6) is 5.75 Å². The van der Waals surface area contributed by atoms with Gasteiger partial charge in [-0.2, -0.15) is 20.1 Å². The number of carboxylic acids is 1. The third-order valence-electron chi connectivity index (χ3n) is 4.87. The maximum absolute atomic E-state index is 13.5. The number of nitrogens with one attached hydrogen (secondary N) is 1. The molecule has 1 aromatic heterocycles. The van der Waals surface area contributed by atoms with Gasteiger partial charge in [0, 0.05) is 5.69 Å². The van der Waals surface area contributed by atoms with Crippen LogP contribution in [0.1, 0.15) is 10.4 Å². The molecule has 0 spiro atoms. The summed E-state index contributed by atoms with van der Waals surface area (Å²) in [4.78, 5) is 19.9. The Hall–Kier alpha value is -4.00. The number of aromatic nitrogens is 3. The van der Waals surface area contributed by atoms with Crippen LogP contribution in [0, 0.1) is 0 Å². The number of azo groups is 1. The Labute approximate surface area is 228 Å². The van der Waals surface area contributed by atoms with Crippen molar-refractivity contribution in [1.82, 2.24) is 15.0 Å². The largest absolute Gasteiger partial charge is 0.870 e. The molecule has 0 unspecified atom stereocenters. The maximum Gasteiger partial charge on any atom is 0.335 e. The number of hydrogen-bond donors (Lipinski definition) is 2. The van der Waals surface area contributed by atoms with E-state index in [1.54, 1.807) is 0 Å². The van der Waals surface area contributed by atoms with Crippen LogP contribution in [-0.2, 0) is 20.2 Å². The summed E-state index contributed by atoms with van der Waals surface area (Å²) in [5.41, 5.74) is -1.46. The van der Waals surface area contributed by atoms with E-state index >= 15 is 0 Å². The summed E-state index contributed by atoms with van der Waals surface area (Å²) in [5.74, 6) is -2.82. The van der Waals surface area contributed by atoms with E-state index in [-0.39, 0.29) is 27.8 Å². The Morgan fingerprint density at radius 2 is 1.51 bits per heavy atom. The molecule has 19 heteroatoms. The van der Waals surface area contributed by atoms with Crippen molar-refractivity contribution < 1.29 is 40.9 Å². The van der Waals surface area contributed by atoms with Crippen LogP contribution in [0.4, 0.5) is 23.0 Å². The van der Waals surface area contributed by atoms with E-state index in [9.17, 15) is 35.8 Å². The van der Waals surface area contributed by atoms with Crippen LogP contribution in [-0.4, -0.2) is 52.0 Å². The van der Waals surface area contributed by atoms with Gasteiger partial charge >= 0.3 is 5.97 Å². The van der Waals surface area contributed by atoms with Crippen LogP contribution in [0.15, 0.2) is 62.5 Å². The third-order valence-corrected chi connectivity index (χ3v) is 6.87. The maximum atomic E-state index is 13.5. The van der Waals surface area contributed by atoms with Gasteiger partial charge < -0.3 is 24.6 Å². The van der Waals surface area contributed by atoms with Gasteiger partial charge in [0.05, 0.1) is 26.7 Å². The van der Waals surface area contributed by atoms with E-state index < -0.39 is 63.9 Å². The summed E-state index contributed by atoms with van der Waals surface area (Å²) in [6.07, 6.45) is 0. The zero-order chi connectivity index (χ0) is 28.7. The molecule has 202 valence electrons. The van der Waals surface area contributed by atoms with Crippen molar-refractivity contribution in [2.45, 2.75) is 9.79 Å². The fraction of sp³-hybridized carbons (Fsp3) is 0. The molecule has 0 atom stereocenters. The monoisotopic (exact) mass is 611 g/mol. The second-order valence-electron chi connectivity index (χ2n) is 7.40. The molecular formula is C20H9Cl2N6O9S2-3. The predicted octanol–water partition coefficient (Wildman–Crippen LogP) is 3.07. The van der Waals surface area contributed by atoms with Gasteiger partial charge in [0.1, 0.15) is 20.2 Å². The lowest BCUT2D eigenvalue weighted by Crippen LogP contribution is -2.07. The van der Waals surface area contributed by atoms with Gasteiger partial charge in [0.25, 0.3) is 0 Å². The number of aromatic carboxylic acids is 1. The fourth-order valence-electron chi connectivity index (χ4n) is 3.25. The third kappa shape index (κ3) is 6.19. The van der Waals surface area contributed by atoms with Crippen LogP contribution in [0.2, 0.25) is 10.6 Å². The number of carboxylic acid groups (broad SMARTS) is 1. The van der Waals surface area contributed by atoms with Crippen molar-refractivity contribution in [3.8, 4) is 5.75 Å². The Kier molecular flexibility index (Phi) is 7.39. The normalized spacial score (nSPS) is 12.2. The fourth-order valence-corrected chi connectivity index (χ4v) is 4.79. The number of fused-ring (bicyclic) bond motifs is 1.